The quantitative estimate of drug-likeness (QED) is 0.211. The second kappa shape index (κ2) is 10.3. The third-order valence-corrected chi connectivity index (χ3v) is 6.68. The first-order chi connectivity index (χ1) is 15.7. The summed E-state index contributed by atoms with van der Waals surface area (Å²) < 4.78 is 2.16. The molecule has 3 heteroatoms. The van der Waals surface area contributed by atoms with Crippen molar-refractivity contribution in [2.24, 2.45) is 0 Å². The van der Waals surface area contributed by atoms with E-state index in [1.54, 1.807) is 0 Å². The summed E-state index contributed by atoms with van der Waals surface area (Å²) in [7, 11) is 0. The van der Waals surface area contributed by atoms with Crippen molar-refractivity contribution in [3.05, 3.63) is 130 Å². The number of hydrogen-bond acceptors (Lipinski definition) is 0. The van der Waals surface area contributed by atoms with Gasteiger partial charge in [-0.2, -0.15) is 0 Å². The van der Waals surface area contributed by atoms with E-state index in [9.17, 15) is 0 Å². The van der Waals surface area contributed by atoms with E-state index < -0.39 is 0 Å². The molecule has 5 rings (SSSR count). The Labute approximate surface area is 211 Å². The molecule has 0 aliphatic heterocycles. The zero-order chi connectivity index (χ0) is 21.9. The van der Waals surface area contributed by atoms with Gasteiger partial charge in [0, 0.05) is 8.95 Å². The van der Waals surface area contributed by atoms with Crippen LogP contribution in [-0.2, 0) is 0 Å². The van der Waals surface area contributed by atoms with E-state index in [1.165, 1.54) is 44.5 Å². The minimum atomic E-state index is 0. The lowest BCUT2D eigenvalue weighted by molar-refractivity contribution is 0.824. The van der Waals surface area contributed by atoms with Crippen LogP contribution in [0.2, 0.25) is 0 Å². The van der Waals surface area contributed by atoms with Crippen molar-refractivity contribution in [3.63, 3.8) is 0 Å². The molecule has 0 aromatic heterocycles. The molecule has 5 aromatic rings. The summed E-state index contributed by atoms with van der Waals surface area (Å²) in [5.74, 6) is 0. The van der Waals surface area contributed by atoms with E-state index >= 15 is 0 Å². The zero-order valence-corrected chi connectivity index (χ0v) is 21.0. The molecule has 0 bridgehead atoms. The second-order valence-corrected chi connectivity index (χ2v) is 9.52. The summed E-state index contributed by atoms with van der Waals surface area (Å²) >= 11 is 7.18. The molecule has 2 N–H and O–H groups in total. The predicted molar refractivity (Wildman–Crippen MR) is 147 cm³/mol. The van der Waals surface area contributed by atoms with Crippen molar-refractivity contribution in [1.29, 1.82) is 0 Å². The van der Waals surface area contributed by atoms with Crippen LogP contribution >= 0.6 is 31.9 Å². The summed E-state index contributed by atoms with van der Waals surface area (Å²) in [5.41, 5.74) is 9.72. The van der Waals surface area contributed by atoms with Crippen LogP contribution in [0.1, 0.15) is 0 Å². The molecule has 1 nitrogen and oxygen atoms in total. The fraction of sp³-hybridized carbons (Fsp3) is 0. The third-order valence-electron chi connectivity index (χ3n) is 5.62. The van der Waals surface area contributed by atoms with Crippen LogP contribution in [0.15, 0.2) is 130 Å². The highest BCUT2D eigenvalue weighted by atomic mass is 79.9. The molecule has 0 atom stereocenters. The largest absolute Gasteiger partial charge is 0.412 e. The average Bonchev–Trinajstić information content (AvgIpc) is 2.85. The first-order valence-corrected chi connectivity index (χ1v) is 12.1. The van der Waals surface area contributed by atoms with Crippen LogP contribution in [0, 0.1) is 0 Å². The van der Waals surface area contributed by atoms with Crippen LogP contribution in [0.25, 0.3) is 44.5 Å². The second-order valence-electron chi connectivity index (χ2n) is 7.69. The Morgan fingerprint density at radius 3 is 1.24 bits per heavy atom. The molecule has 0 fully saturated rings. The van der Waals surface area contributed by atoms with E-state index in [-0.39, 0.29) is 5.48 Å². The monoisotopic (exact) mass is 556 g/mol. The Morgan fingerprint density at radius 2 is 0.758 bits per heavy atom. The van der Waals surface area contributed by atoms with Gasteiger partial charge in [-0.05, 0) is 80.9 Å². The molecule has 0 aliphatic rings. The fourth-order valence-electron chi connectivity index (χ4n) is 4.07. The maximum atomic E-state index is 3.59. The van der Waals surface area contributed by atoms with Gasteiger partial charge >= 0.3 is 0 Å². The first kappa shape index (κ1) is 23.2. The Kier molecular flexibility index (Phi) is 7.24. The van der Waals surface area contributed by atoms with E-state index in [1.807, 2.05) is 0 Å². The normalized spacial score (nSPS) is 10.5. The molecule has 33 heavy (non-hydrogen) atoms. The van der Waals surface area contributed by atoms with Gasteiger partial charge in [0.05, 0.1) is 0 Å². The molecule has 0 saturated carbocycles. The number of halogens is 2. The maximum absolute atomic E-state index is 3.59. The molecular formula is C30H22Br2O. The number of rotatable bonds is 4. The zero-order valence-electron chi connectivity index (χ0n) is 17.8. The van der Waals surface area contributed by atoms with Gasteiger partial charge in [0.1, 0.15) is 0 Å². The van der Waals surface area contributed by atoms with Crippen LogP contribution in [0.3, 0.4) is 0 Å². The lowest BCUT2D eigenvalue weighted by Crippen LogP contribution is -1.93. The summed E-state index contributed by atoms with van der Waals surface area (Å²) in [5, 5.41) is 0. The highest BCUT2D eigenvalue weighted by Crippen LogP contribution is 2.43. The minimum Gasteiger partial charge on any atom is -0.412 e. The fourth-order valence-corrected chi connectivity index (χ4v) is 4.60. The van der Waals surface area contributed by atoms with Crippen LogP contribution in [0.4, 0.5) is 0 Å². The Balaban J connectivity index is 0.00000259. The van der Waals surface area contributed by atoms with Gasteiger partial charge < -0.3 is 5.48 Å². The topological polar surface area (TPSA) is 31.5 Å². The van der Waals surface area contributed by atoms with E-state index in [4.69, 9.17) is 0 Å². The maximum Gasteiger partial charge on any atom is 0.0175 e. The Hall–Kier alpha value is -2.98. The molecule has 0 spiro atoms. The third kappa shape index (κ3) is 5.01. The van der Waals surface area contributed by atoms with Crippen molar-refractivity contribution in [3.8, 4) is 44.5 Å². The van der Waals surface area contributed by atoms with Crippen molar-refractivity contribution in [2.75, 3.05) is 0 Å². The Morgan fingerprint density at radius 1 is 0.364 bits per heavy atom. The lowest BCUT2D eigenvalue weighted by atomic mass is 9.85. The van der Waals surface area contributed by atoms with Crippen molar-refractivity contribution < 1.29 is 5.48 Å². The van der Waals surface area contributed by atoms with Gasteiger partial charge in [0.2, 0.25) is 0 Å². The van der Waals surface area contributed by atoms with E-state index in [0.717, 1.165) is 8.95 Å². The predicted octanol–water partition coefficient (Wildman–Crippen LogP) is 9.05. The number of hydrogen-bond donors (Lipinski definition) is 0. The standard InChI is InChI=1S/C30H20Br2.H2O/c31-26-15-11-23(12-16-26)29-20-25(21-7-3-1-4-8-21)19-28(22-9-5-2-6-10-22)30(29)24-13-17-27(32)18-14-24;/h1-20H;1H2. The molecule has 0 aliphatic carbocycles. The molecule has 0 heterocycles. The van der Waals surface area contributed by atoms with E-state index in [2.05, 4.69) is 153 Å². The van der Waals surface area contributed by atoms with Gasteiger partial charge in [0.25, 0.3) is 0 Å². The molecule has 0 amide bonds. The van der Waals surface area contributed by atoms with Gasteiger partial charge in [-0.15, -0.1) is 0 Å². The molecule has 0 radical (unpaired) electrons. The summed E-state index contributed by atoms with van der Waals surface area (Å²) in [6.07, 6.45) is 0. The molecular weight excluding hydrogens is 536 g/mol. The van der Waals surface area contributed by atoms with E-state index in [0.29, 0.717) is 0 Å². The Bertz CT molecular complexity index is 1350. The number of benzene rings is 5. The smallest absolute Gasteiger partial charge is 0.0175 e. The SMILES string of the molecule is Brc1ccc(-c2cc(-c3ccccc3)cc(-c3ccccc3)c2-c2ccc(Br)cc2)cc1.O. The van der Waals surface area contributed by atoms with Gasteiger partial charge in [-0.1, -0.05) is 117 Å². The molecule has 0 saturated heterocycles. The molecule has 5 aromatic carbocycles. The van der Waals surface area contributed by atoms with Crippen LogP contribution in [-0.4, -0.2) is 5.48 Å². The van der Waals surface area contributed by atoms with Gasteiger partial charge in [-0.3, -0.25) is 0 Å². The van der Waals surface area contributed by atoms with Crippen molar-refractivity contribution >= 4 is 31.9 Å². The minimum absolute atomic E-state index is 0. The van der Waals surface area contributed by atoms with Crippen molar-refractivity contribution in [2.45, 2.75) is 0 Å². The van der Waals surface area contributed by atoms with Crippen LogP contribution in [0.5, 0.6) is 0 Å². The molecule has 0 unspecified atom stereocenters. The van der Waals surface area contributed by atoms with Gasteiger partial charge in [-0.25, -0.2) is 0 Å². The lowest BCUT2D eigenvalue weighted by Gasteiger charge is -2.19. The summed E-state index contributed by atoms with van der Waals surface area (Å²) in [6, 6.07) is 43.1. The summed E-state index contributed by atoms with van der Waals surface area (Å²) in [6.45, 7) is 0. The van der Waals surface area contributed by atoms with Crippen molar-refractivity contribution in [1.82, 2.24) is 0 Å². The molecule has 162 valence electrons. The van der Waals surface area contributed by atoms with Gasteiger partial charge in [0.15, 0.2) is 0 Å². The summed E-state index contributed by atoms with van der Waals surface area (Å²) in [4.78, 5) is 0. The highest BCUT2D eigenvalue weighted by Gasteiger charge is 2.17. The highest BCUT2D eigenvalue weighted by molar-refractivity contribution is 9.10. The first-order valence-electron chi connectivity index (χ1n) is 10.5. The van der Waals surface area contributed by atoms with Crippen LogP contribution < -0.4 is 0 Å². The average molecular weight is 558 g/mol.